The molecular weight excluding hydrogens is 451 g/mol. The Morgan fingerprint density at radius 3 is 2.88 bits per heavy atom. The van der Waals surface area contributed by atoms with Crippen molar-refractivity contribution in [2.24, 2.45) is 4.99 Å². The lowest BCUT2D eigenvalue weighted by molar-refractivity contribution is -0.0453. The van der Waals surface area contributed by atoms with E-state index in [1.165, 1.54) is 24.9 Å². The number of benzene rings is 1. The predicted octanol–water partition coefficient (Wildman–Crippen LogP) is 2.53. The first-order valence-corrected chi connectivity index (χ1v) is 9.17. The molecule has 1 aromatic rings. The summed E-state index contributed by atoms with van der Waals surface area (Å²) in [5, 5.41) is 7.51. The maximum Gasteiger partial charge on any atom is 0.191 e. The molecule has 2 saturated heterocycles. The number of nitrogens with one attached hydrogen (secondary N) is 2. The second-order valence-corrected chi connectivity index (χ2v) is 6.94. The highest BCUT2D eigenvalue weighted by atomic mass is 127. The summed E-state index contributed by atoms with van der Waals surface area (Å²) >= 11 is 5.91. The number of fused-ring (bicyclic) bond motifs is 1. The highest BCUT2D eigenvalue weighted by Crippen LogP contribution is 2.22. The number of ether oxygens (including phenoxy) is 1. The molecule has 2 heterocycles. The van der Waals surface area contributed by atoms with Crippen molar-refractivity contribution in [3.63, 3.8) is 0 Å². The molecule has 2 aliphatic heterocycles. The van der Waals surface area contributed by atoms with E-state index in [9.17, 15) is 0 Å². The quantitative estimate of drug-likeness (QED) is 0.388. The zero-order valence-corrected chi connectivity index (χ0v) is 17.8. The molecule has 7 heteroatoms. The number of morpholine rings is 1. The van der Waals surface area contributed by atoms with Crippen molar-refractivity contribution in [1.82, 2.24) is 15.5 Å². The minimum Gasteiger partial charge on any atom is -0.373 e. The van der Waals surface area contributed by atoms with Crippen LogP contribution in [0, 0.1) is 0 Å². The third kappa shape index (κ3) is 6.27. The lowest BCUT2D eigenvalue weighted by Crippen LogP contribution is -2.51. The summed E-state index contributed by atoms with van der Waals surface area (Å²) in [7, 11) is 1.80. The summed E-state index contributed by atoms with van der Waals surface area (Å²) < 4.78 is 5.97. The minimum absolute atomic E-state index is 0. The maximum absolute atomic E-state index is 5.97. The fourth-order valence-corrected chi connectivity index (χ4v) is 3.54. The molecule has 140 valence electrons. The lowest BCUT2D eigenvalue weighted by Gasteiger charge is -2.35. The van der Waals surface area contributed by atoms with E-state index in [2.05, 4.69) is 32.7 Å². The molecular formula is C18H28ClIN4O. The van der Waals surface area contributed by atoms with Gasteiger partial charge in [0.2, 0.25) is 0 Å². The monoisotopic (exact) mass is 478 g/mol. The third-order valence-corrected chi connectivity index (χ3v) is 5.05. The number of aliphatic imine (C=N–C) groups is 1. The first kappa shape index (κ1) is 20.7. The van der Waals surface area contributed by atoms with Crippen molar-refractivity contribution >= 4 is 41.5 Å². The molecule has 2 unspecified atom stereocenters. The van der Waals surface area contributed by atoms with Crippen molar-refractivity contribution in [1.29, 1.82) is 0 Å². The molecule has 0 saturated carbocycles. The van der Waals surface area contributed by atoms with Crippen LogP contribution in [-0.2, 0) is 11.2 Å². The summed E-state index contributed by atoms with van der Waals surface area (Å²) in [6, 6.07) is 8.62. The van der Waals surface area contributed by atoms with Crippen molar-refractivity contribution in [2.75, 3.05) is 39.8 Å². The van der Waals surface area contributed by atoms with Gasteiger partial charge in [-0.05, 0) is 43.5 Å². The summed E-state index contributed by atoms with van der Waals surface area (Å²) in [5.41, 5.74) is 1.26. The average Bonchev–Trinajstić information content (AvgIpc) is 3.07. The van der Waals surface area contributed by atoms with Crippen molar-refractivity contribution in [2.45, 2.75) is 31.4 Å². The number of hydrogen-bond acceptors (Lipinski definition) is 3. The second-order valence-electron chi connectivity index (χ2n) is 6.50. The number of hydrogen-bond donors (Lipinski definition) is 2. The number of halogens is 2. The van der Waals surface area contributed by atoms with Gasteiger partial charge in [0, 0.05) is 37.7 Å². The molecule has 0 spiro atoms. The topological polar surface area (TPSA) is 48.9 Å². The maximum atomic E-state index is 5.97. The van der Waals surface area contributed by atoms with Crippen LogP contribution in [0.5, 0.6) is 0 Å². The predicted molar refractivity (Wildman–Crippen MR) is 114 cm³/mol. The Labute approximate surface area is 172 Å². The second kappa shape index (κ2) is 10.5. The van der Waals surface area contributed by atoms with Gasteiger partial charge in [0.25, 0.3) is 0 Å². The van der Waals surface area contributed by atoms with Crippen LogP contribution < -0.4 is 10.6 Å². The van der Waals surface area contributed by atoms with E-state index in [-0.39, 0.29) is 30.1 Å². The molecule has 1 aromatic carbocycles. The first-order valence-electron chi connectivity index (χ1n) is 8.79. The van der Waals surface area contributed by atoms with Crippen LogP contribution in [0.1, 0.15) is 18.4 Å². The summed E-state index contributed by atoms with van der Waals surface area (Å²) in [6.45, 7) is 4.75. The number of rotatable bonds is 5. The van der Waals surface area contributed by atoms with Crippen LogP contribution in [0.15, 0.2) is 29.3 Å². The Balaban J connectivity index is 0.00000225. The van der Waals surface area contributed by atoms with Crippen LogP contribution in [-0.4, -0.2) is 62.8 Å². The average molecular weight is 479 g/mol. The van der Waals surface area contributed by atoms with E-state index in [0.29, 0.717) is 6.04 Å². The highest BCUT2D eigenvalue weighted by Gasteiger charge is 2.32. The van der Waals surface area contributed by atoms with E-state index in [1.807, 2.05) is 12.1 Å². The molecule has 0 aliphatic carbocycles. The normalized spacial score (nSPS) is 23.7. The van der Waals surface area contributed by atoms with Crippen LogP contribution in [0.2, 0.25) is 5.02 Å². The van der Waals surface area contributed by atoms with Gasteiger partial charge in [-0.25, -0.2) is 0 Å². The van der Waals surface area contributed by atoms with Crippen molar-refractivity contribution in [3.8, 4) is 0 Å². The number of guanidine groups is 1. The molecule has 2 aliphatic rings. The van der Waals surface area contributed by atoms with Gasteiger partial charge in [0.15, 0.2) is 5.96 Å². The van der Waals surface area contributed by atoms with E-state index < -0.39 is 0 Å². The van der Waals surface area contributed by atoms with Crippen LogP contribution in [0.4, 0.5) is 0 Å². The highest BCUT2D eigenvalue weighted by molar-refractivity contribution is 14.0. The Morgan fingerprint density at radius 1 is 1.32 bits per heavy atom. The van der Waals surface area contributed by atoms with Gasteiger partial charge in [-0.1, -0.05) is 23.7 Å². The first-order chi connectivity index (χ1) is 11.7. The van der Waals surface area contributed by atoms with Gasteiger partial charge >= 0.3 is 0 Å². The molecule has 0 aromatic heterocycles. The summed E-state index contributed by atoms with van der Waals surface area (Å²) in [5.74, 6) is 0.830. The SMILES string of the molecule is CN=C(NCCc1ccc(Cl)cc1)NCC1CN2CCCC2CO1.I. The van der Waals surface area contributed by atoms with Gasteiger partial charge in [0.05, 0.1) is 12.7 Å². The smallest absolute Gasteiger partial charge is 0.191 e. The van der Waals surface area contributed by atoms with E-state index in [0.717, 1.165) is 43.6 Å². The summed E-state index contributed by atoms with van der Waals surface area (Å²) in [4.78, 5) is 6.85. The largest absolute Gasteiger partial charge is 0.373 e. The fraction of sp³-hybridized carbons (Fsp3) is 0.611. The van der Waals surface area contributed by atoms with Gasteiger partial charge < -0.3 is 15.4 Å². The summed E-state index contributed by atoms with van der Waals surface area (Å²) in [6.07, 6.45) is 3.78. The van der Waals surface area contributed by atoms with Gasteiger partial charge in [-0.2, -0.15) is 0 Å². The standard InChI is InChI=1S/C18H27ClN4O.HI/c1-20-18(21-9-8-14-4-6-15(19)7-5-14)22-11-17-12-23-10-2-3-16(23)13-24-17;/h4-7,16-17H,2-3,8-13H2,1H3,(H2,20,21,22);1H. The lowest BCUT2D eigenvalue weighted by atomic mass is 10.1. The van der Waals surface area contributed by atoms with Crippen molar-refractivity contribution in [3.05, 3.63) is 34.9 Å². The van der Waals surface area contributed by atoms with Crippen molar-refractivity contribution < 1.29 is 4.74 Å². The van der Waals surface area contributed by atoms with E-state index in [4.69, 9.17) is 16.3 Å². The minimum atomic E-state index is 0. The Hall–Kier alpha value is -0.570. The molecule has 2 atom stereocenters. The molecule has 0 radical (unpaired) electrons. The third-order valence-electron chi connectivity index (χ3n) is 4.80. The zero-order valence-electron chi connectivity index (χ0n) is 14.7. The Bertz CT molecular complexity index is 555. The number of nitrogens with zero attached hydrogens (tertiary/aromatic N) is 2. The Morgan fingerprint density at radius 2 is 2.12 bits per heavy atom. The molecule has 3 rings (SSSR count). The van der Waals surface area contributed by atoms with Crippen LogP contribution >= 0.6 is 35.6 Å². The molecule has 25 heavy (non-hydrogen) atoms. The van der Waals surface area contributed by atoms with Gasteiger partial charge in [-0.3, -0.25) is 9.89 Å². The van der Waals surface area contributed by atoms with Gasteiger partial charge in [0.1, 0.15) is 0 Å². The molecule has 0 bridgehead atoms. The molecule has 0 amide bonds. The fourth-order valence-electron chi connectivity index (χ4n) is 3.42. The van der Waals surface area contributed by atoms with Gasteiger partial charge in [-0.15, -0.1) is 24.0 Å². The van der Waals surface area contributed by atoms with Crippen LogP contribution in [0.25, 0.3) is 0 Å². The molecule has 2 fully saturated rings. The molecule has 5 nitrogen and oxygen atoms in total. The molecule has 2 N–H and O–H groups in total. The van der Waals surface area contributed by atoms with Crippen LogP contribution in [0.3, 0.4) is 0 Å². The Kier molecular flexibility index (Phi) is 8.75. The van der Waals surface area contributed by atoms with E-state index >= 15 is 0 Å². The van der Waals surface area contributed by atoms with E-state index in [1.54, 1.807) is 7.05 Å². The zero-order chi connectivity index (χ0) is 16.8.